The zero-order valence-corrected chi connectivity index (χ0v) is 17.3. The molecule has 3 heterocycles. The van der Waals surface area contributed by atoms with Gasteiger partial charge < -0.3 is 9.42 Å². The van der Waals surface area contributed by atoms with Gasteiger partial charge in [0.25, 0.3) is 0 Å². The predicted octanol–water partition coefficient (Wildman–Crippen LogP) is 3.72. The summed E-state index contributed by atoms with van der Waals surface area (Å²) >= 11 is 5.91. The van der Waals surface area contributed by atoms with Crippen molar-refractivity contribution in [3.8, 4) is 11.4 Å². The number of H-pyrrole nitrogens is 1. The Morgan fingerprint density at radius 1 is 1.10 bits per heavy atom. The summed E-state index contributed by atoms with van der Waals surface area (Å²) in [4.78, 5) is 23.6. The lowest BCUT2D eigenvalue weighted by Crippen LogP contribution is -2.38. The van der Waals surface area contributed by atoms with Gasteiger partial charge in [-0.25, -0.2) is 4.98 Å². The molecular formula is C21H23ClN6O2. The number of hydrogen-bond acceptors (Lipinski definition) is 6. The third-order valence-corrected chi connectivity index (χ3v) is 6.07. The summed E-state index contributed by atoms with van der Waals surface area (Å²) < 4.78 is 5.30. The highest BCUT2D eigenvalue weighted by atomic mass is 35.5. The van der Waals surface area contributed by atoms with Crippen LogP contribution >= 0.6 is 11.6 Å². The van der Waals surface area contributed by atoms with E-state index in [1.54, 1.807) is 12.1 Å². The molecule has 1 saturated carbocycles. The normalized spacial score (nSPS) is 17.4. The fourth-order valence-electron chi connectivity index (χ4n) is 3.84. The van der Waals surface area contributed by atoms with E-state index in [1.807, 2.05) is 17.0 Å². The number of aromatic nitrogens is 5. The van der Waals surface area contributed by atoms with Crippen LogP contribution in [0.4, 0.5) is 0 Å². The van der Waals surface area contributed by atoms with Crippen molar-refractivity contribution in [1.82, 2.24) is 30.2 Å². The summed E-state index contributed by atoms with van der Waals surface area (Å²) in [6.07, 6.45) is 5.02. The van der Waals surface area contributed by atoms with Crippen LogP contribution in [0.2, 0.25) is 5.02 Å². The molecule has 1 aliphatic heterocycles. The third-order valence-electron chi connectivity index (χ3n) is 5.82. The lowest BCUT2D eigenvalue weighted by atomic mass is 9.96. The quantitative estimate of drug-likeness (QED) is 0.644. The van der Waals surface area contributed by atoms with E-state index in [9.17, 15) is 4.79 Å². The zero-order chi connectivity index (χ0) is 20.5. The highest BCUT2D eigenvalue weighted by Crippen LogP contribution is 2.38. The maximum absolute atomic E-state index is 12.6. The number of amides is 1. The van der Waals surface area contributed by atoms with Crippen LogP contribution in [0.15, 0.2) is 28.8 Å². The first-order valence-electron chi connectivity index (χ1n) is 10.4. The Hall–Kier alpha value is -2.74. The number of likely N-dealkylation sites (tertiary alicyclic amines) is 1. The number of carbonyl (C=O) groups is 1. The number of benzene rings is 1. The standard InChI is InChI=1S/C21H23ClN6O2/c22-16-5-3-14(4-6-16)21-23-17(30-27-21)7-8-18(29)28-11-9-15(10-12-28)20-24-19(25-26-20)13-1-2-13/h3-6,13,15H,1-2,7-12H2,(H,24,25,26). The number of nitrogens with one attached hydrogen (secondary N) is 1. The molecule has 5 rings (SSSR count). The third kappa shape index (κ3) is 4.23. The maximum atomic E-state index is 12.6. The van der Waals surface area contributed by atoms with Gasteiger partial charge in [0.1, 0.15) is 5.82 Å². The summed E-state index contributed by atoms with van der Waals surface area (Å²) in [5, 5.41) is 12.1. The summed E-state index contributed by atoms with van der Waals surface area (Å²) in [6.45, 7) is 1.48. The minimum atomic E-state index is 0.121. The number of aromatic amines is 1. The molecule has 1 N–H and O–H groups in total. The molecule has 0 atom stereocenters. The van der Waals surface area contributed by atoms with Gasteiger partial charge in [-0.2, -0.15) is 10.1 Å². The van der Waals surface area contributed by atoms with Crippen molar-refractivity contribution in [2.75, 3.05) is 13.1 Å². The van der Waals surface area contributed by atoms with E-state index in [-0.39, 0.29) is 5.91 Å². The number of rotatable bonds is 6. The number of hydrogen-bond donors (Lipinski definition) is 1. The van der Waals surface area contributed by atoms with Crippen LogP contribution in [0.25, 0.3) is 11.4 Å². The van der Waals surface area contributed by atoms with E-state index in [0.717, 1.165) is 43.1 Å². The van der Waals surface area contributed by atoms with E-state index in [0.29, 0.717) is 41.4 Å². The van der Waals surface area contributed by atoms with Crippen LogP contribution in [0.3, 0.4) is 0 Å². The van der Waals surface area contributed by atoms with Crippen molar-refractivity contribution in [3.05, 3.63) is 46.8 Å². The number of nitrogens with zero attached hydrogens (tertiary/aromatic N) is 5. The number of piperidine rings is 1. The van der Waals surface area contributed by atoms with E-state index in [4.69, 9.17) is 16.1 Å². The van der Waals surface area contributed by atoms with E-state index >= 15 is 0 Å². The molecule has 0 unspecified atom stereocenters. The Kier molecular flexibility index (Phi) is 5.25. The molecule has 8 nitrogen and oxygen atoms in total. The summed E-state index contributed by atoms with van der Waals surface area (Å²) in [5.41, 5.74) is 0.833. The zero-order valence-electron chi connectivity index (χ0n) is 16.6. The van der Waals surface area contributed by atoms with Gasteiger partial charge in [-0.15, -0.1) is 0 Å². The van der Waals surface area contributed by atoms with Crippen molar-refractivity contribution in [3.63, 3.8) is 0 Å². The molecule has 156 valence electrons. The van der Waals surface area contributed by atoms with E-state index < -0.39 is 0 Å². The first-order valence-corrected chi connectivity index (χ1v) is 10.8. The van der Waals surface area contributed by atoms with Crippen LogP contribution in [0, 0.1) is 0 Å². The molecule has 30 heavy (non-hydrogen) atoms. The Balaban J connectivity index is 1.11. The van der Waals surface area contributed by atoms with Gasteiger partial charge in [0.15, 0.2) is 5.82 Å². The lowest BCUT2D eigenvalue weighted by molar-refractivity contribution is -0.132. The highest BCUT2D eigenvalue weighted by molar-refractivity contribution is 6.30. The smallest absolute Gasteiger partial charge is 0.227 e. The Morgan fingerprint density at radius 2 is 1.87 bits per heavy atom. The highest BCUT2D eigenvalue weighted by Gasteiger charge is 2.30. The van der Waals surface area contributed by atoms with Crippen LogP contribution < -0.4 is 0 Å². The van der Waals surface area contributed by atoms with Gasteiger partial charge in [-0.1, -0.05) is 16.8 Å². The molecule has 2 fully saturated rings. The van der Waals surface area contributed by atoms with Gasteiger partial charge in [-0.3, -0.25) is 9.89 Å². The fraction of sp³-hybridized carbons (Fsp3) is 0.476. The van der Waals surface area contributed by atoms with E-state index in [2.05, 4.69) is 25.3 Å². The van der Waals surface area contributed by atoms with Gasteiger partial charge in [-0.05, 0) is 49.9 Å². The molecule has 1 saturated heterocycles. The van der Waals surface area contributed by atoms with E-state index in [1.165, 1.54) is 12.8 Å². The van der Waals surface area contributed by atoms with Crippen LogP contribution in [0.5, 0.6) is 0 Å². The Morgan fingerprint density at radius 3 is 2.60 bits per heavy atom. The van der Waals surface area contributed by atoms with Gasteiger partial charge in [0.2, 0.25) is 17.6 Å². The topological polar surface area (TPSA) is 101 Å². The molecule has 9 heteroatoms. The molecule has 1 amide bonds. The van der Waals surface area contributed by atoms with Crippen molar-refractivity contribution in [2.45, 2.75) is 50.4 Å². The predicted molar refractivity (Wildman–Crippen MR) is 110 cm³/mol. The molecule has 0 bridgehead atoms. The first kappa shape index (κ1) is 19.2. The molecule has 2 aliphatic rings. The fourth-order valence-corrected chi connectivity index (χ4v) is 3.97. The second-order valence-corrected chi connectivity index (χ2v) is 8.46. The van der Waals surface area contributed by atoms with Crippen LogP contribution in [-0.2, 0) is 11.2 Å². The van der Waals surface area contributed by atoms with Crippen LogP contribution in [-0.4, -0.2) is 49.2 Å². The lowest BCUT2D eigenvalue weighted by Gasteiger charge is -2.31. The largest absolute Gasteiger partial charge is 0.343 e. The summed E-state index contributed by atoms with van der Waals surface area (Å²) in [7, 11) is 0. The Bertz CT molecular complexity index is 1020. The minimum Gasteiger partial charge on any atom is -0.343 e. The second-order valence-electron chi connectivity index (χ2n) is 8.03. The number of carbonyl (C=O) groups excluding carboxylic acids is 1. The van der Waals surface area contributed by atoms with Crippen molar-refractivity contribution in [2.24, 2.45) is 0 Å². The van der Waals surface area contributed by atoms with Gasteiger partial charge >= 0.3 is 0 Å². The molecule has 0 radical (unpaired) electrons. The molecule has 3 aromatic rings. The molecule has 1 aromatic carbocycles. The van der Waals surface area contributed by atoms with Crippen molar-refractivity contribution in [1.29, 1.82) is 0 Å². The molecule has 1 aliphatic carbocycles. The number of halogens is 1. The summed E-state index contributed by atoms with van der Waals surface area (Å²) in [5.74, 6) is 3.94. The maximum Gasteiger partial charge on any atom is 0.227 e. The first-order chi connectivity index (χ1) is 14.7. The molecule has 0 spiro atoms. The average Bonchev–Trinajstić information content (AvgIpc) is 3.31. The van der Waals surface area contributed by atoms with Gasteiger partial charge in [0, 0.05) is 48.4 Å². The summed E-state index contributed by atoms with van der Waals surface area (Å²) in [6, 6.07) is 7.25. The number of aryl methyl sites for hydroxylation is 1. The average molecular weight is 427 g/mol. The van der Waals surface area contributed by atoms with Crippen LogP contribution in [0.1, 0.15) is 61.5 Å². The monoisotopic (exact) mass is 426 g/mol. The van der Waals surface area contributed by atoms with Gasteiger partial charge in [0.05, 0.1) is 0 Å². The minimum absolute atomic E-state index is 0.121. The molecule has 2 aromatic heterocycles. The van der Waals surface area contributed by atoms with Crippen molar-refractivity contribution >= 4 is 17.5 Å². The Labute approximate surface area is 179 Å². The van der Waals surface area contributed by atoms with Crippen molar-refractivity contribution < 1.29 is 9.32 Å². The SMILES string of the molecule is O=C(CCc1nc(-c2ccc(Cl)cc2)no1)N1CCC(c2nc(C3CC3)n[nH]2)CC1. The molecular weight excluding hydrogens is 404 g/mol. The second kappa shape index (κ2) is 8.18.